The molecular formula is C28H25N2O8PS. The topological polar surface area (TPSA) is 135 Å². The van der Waals surface area contributed by atoms with E-state index in [4.69, 9.17) is 14.0 Å². The highest BCUT2D eigenvalue weighted by Gasteiger charge is 2.56. The third-order valence-electron chi connectivity index (χ3n) is 6.11. The summed E-state index contributed by atoms with van der Waals surface area (Å²) in [7, 11) is -5.06. The monoisotopic (exact) mass is 580 g/mol. The number of likely N-dealkylation sites (tertiary alicyclic amines) is 1. The normalized spacial score (nSPS) is 18.9. The highest BCUT2D eigenvalue weighted by Crippen LogP contribution is 2.45. The van der Waals surface area contributed by atoms with E-state index in [0.29, 0.717) is 21.9 Å². The van der Waals surface area contributed by atoms with E-state index in [9.17, 15) is 23.9 Å². The van der Waals surface area contributed by atoms with E-state index in [-0.39, 0.29) is 6.61 Å². The molecule has 12 heteroatoms. The summed E-state index contributed by atoms with van der Waals surface area (Å²) in [5.74, 6) is -1.32. The number of amides is 1. The van der Waals surface area contributed by atoms with E-state index in [1.54, 1.807) is 60.7 Å². The number of fused-ring (bicyclic) bond motifs is 1. The van der Waals surface area contributed by atoms with Crippen LogP contribution in [0.15, 0.2) is 107 Å². The molecule has 0 saturated carbocycles. The number of allylic oxidation sites excluding steroid dienone is 1. The predicted octanol–water partition coefficient (Wildman–Crippen LogP) is 4.42. The minimum absolute atomic E-state index is 0.119. The summed E-state index contributed by atoms with van der Waals surface area (Å²) in [6.07, 6.45) is -0.859. The number of ether oxygens (including phenoxy) is 2. The molecule has 2 heterocycles. The third-order valence-corrected chi connectivity index (χ3v) is 7.83. The molecule has 0 aliphatic carbocycles. The number of hydrogen-bond acceptors (Lipinski definition) is 8. The van der Waals surface area contributed by atoms with Crippen LogP contribution in [0.2, 0.25) is 0 Å². The summed E-state index contributed by atoms with van der Waals surface area (Å²) in [6.45, 7) is 1.32. The molecule has 206 valence electrons. The van der Waals surface area contributed by atoms with Crippen LogP contribution in [-0.2, 0) is 23.4 Å². The first-order chi connectivity index (χ1) is 19.2. The van der Waals surface area contributed by atoms with Crippen LogP contribution in [0.4, 0.5) is 0 Å². The quantitative estimate of drug-likeness (QED) is 0.117. The Labute approximate surface area is 234 Å². The molecule has 2 unspecified atom stereocenters. The molecule has 0 bridgehead atoms. The zero-order valence-corrected chi connectivity index (χ0v) is 22.9. The molecule has 3 aromatic rings. The second kappa shape index (κ2) is 11.7. The van der Waals surface area contributed by atoms with Crippen molar-refractivity contribution in [3.63, 3.8) is 0 Å². The van der Waals surface area contributed by atoms with Gasteiger partial charge in [-0.25, -0.2) is 9.36 Å². The second-order valence-corrected chi connectivity index (χ2v) is 11.2. The Morgan fingerprint density at radius 1 is 0.975 bits per heavy atom. The van der Waals surface area contributed by atoms with E-state index >= 15 is 0 Å². The maximum atomic E-state index is 13.7. The number of nitrogens with zero attached hydrogens (tertiary/aromatic N) is 2. The minimum atomic E-state index is -5.06. The molecule has 5 rings (SSSR count). The number of phosphoric acid groups is 1. The predicted molar refractivity (Wildman–Crippen MR) is 148 cm³/mol. The van der Waals surface area contributed by atoms with E-state index < -0.39 is 48.7 Å². The number of aliphatic imine (C=N–C) groups is 1. The highest BCUT2D eigenvalue weighted by atomic mass is 32.2. The number of hydrogen-bond donors (Lipinski definition) is 2. The van der Waals surface area contributed by atoms with E-state index in [2.05, 4.69) is 4.99 Å². The maximum Gasteiger partial charge on any atom is 0.524 e. The number of thioether (sulfide) groups is 1. The lowest BCUT2D eigenvalue weighted by Gasteiger charge is -2.41. The standard InChI is InChI=1S/C28H25N2O8PS/c1-18(38-39(33,34)35)24(28(32)37-25(19-11-5-2-6-12-19)20-13-7-3-8-14-20)30-26(31)23-27(30)40-22(29-23)17-36-21-15-9-4-10-16-21/h2-16,23,25,27H,17H2,1H3,(H2,33,34,35). The van der Waals surface area contributed by atoms with Crippen molar-refractivity contribution in [2.45, 2.75) is 24.4 Å². The van der Waals surface area contributed by atoms with Crippen molar-refractivity contribution in [1.29, 1.82) is 0 Å². The average molecular weight is 581 g/mol. The fourth-order valence-electron chi connectivity index (χ4n) is 4.36. The Morgan fingerprint density at radius 2 is 1.52 bits per heavy atom. The summed E-state index contributed by atoms with van der Waals surface area (Å²) in [5, 5.41) is -0.0888. The molecular weight excluding hydrogens is 555 g/mol. The van der Waals surface area contributed by atoms with Crippen molar-refractivity contribution < 1.29 is 37.9 Å². The van der Waals surface area contributed by atoms with Gasteiger partial charge in [0.2, 0.25) is 0 Å². The van der Waals surface area contributed by atoms with Crippen molar-refractivity contribution in [2.75, 3.05) is 6.61 Å². The van der Waals surface area contributed by atoms with Crippen molar-refractivity contribution in [3.8, 4) is 5.75 Å². The minimum Gasteiger partial charge on any atom is -0.487 e. The number of benzene rings is 3. The molecule has 2 aliphatic rings. The summed E-state index contributed by atoms with van der Waals surface area (Å²) in [4.78, 5) is 51.4. The van der Waals surface area contributed by atoms with Gasteiger partial charge in [-0.15, -0.1) is 0 Å². The van der Waals surface area contributed by atoms with Crippen LogP contribution in [0.5, 0.6) is 5.75 Å². The number of phosphoric ester groups is 1. The van der Waals surface area contributed by atoms with Crippen LogP contribution in [0.3, 0.4) is 0 Å². The summed E-state index contributed by atoms with van der Waals surface area (Å²) < 4.78 is 28.1. The van der Waals surface area contributed by atoms with Crippen molar-refractivity contribution in [3.05, 3.63) is 114 Å². The number of carbonyl (C=O) groups is 2. The number of β-lactam (4-membered cyclic amide) rings is 1. The first-order valence-corrected chi connectivity index (χ1v) is 14.6. The van der Waals surface area contributed by atoms with Gasteiger partial charge >= 0.3 is 13.8 Å². The zero-order valence-electron chi connectivity index (χ0n) is 21.2. The Morgan fingerprint density at radius 3 is 2.08 bits per heavy atom. The summed E-state index contributed by atoms with van der Waals surface area (Å²) in [6, 6.07) is 26.3. The van der Waals surface area contributed by atoms with Gasteiger partial charge in [0.1, 0.15) is 28.5 Å². The van der Waals surface area contributed by atoms with Gasteiger partial charge in [0.25, 0.3) is 5.91 Å². The van der Waals surface area contributed by atoms with Crippen LogP contribution >= 0.6 is 19.6 Å². The largest absolute Gasteiger partial charge is 0.524 e. The smallest absolute Gasteiger partial charge is 0.487 e. The second-order valence-electron chi connectivity index (χ2n) is 8.88. The lowest BCUT2D eigenvalue weighted by Crippen LogP contribution is -2.61. The molecule has 10 nitrogen and oxygen atoms in total. The molecule has 2 N–H and O–H groups in total. The molecule has 1 amide bonds. The van der Waals surface area contributed by atoms with Gasteiger partial charge in [-0.2, -0.15) is 0 Å². The molecule has 0 radical (unpaired) electrons. The number of rotatable bonds is 10. The highest BCUT2D eigenvalue weighted by molar-refractivity contribution is 8.15. The molecule has 40 heavy (non-hydrogen) atoms. The Bertz CT molecular complexity index is 1450. The van der Waals surface area contributed by atoms with Gasteiger partial charge in [-0.05, 0) is 30.2 Å². The fourth-order valence-corrected chi connectivity index (χ4v) is 6.01. The first kappa shape index (κ1) is 27.7. The molecule has 0 aromatic heterocycles. The number of esters is 1. The van der Waals surface area contributed by atoms with E-state index in [0.717, 1.165) is 4.90 Å². The molecule has 1 saturated heterocycles. The van der Waals surface area contributed by atoms with Gasteiger partial charge in [0.05, 0.1) is 0 Å². The number of para-hydroxylation sites is 1. The lowest BCUT2D eigenvalue weighted by atomic mass is 10.0. The molecule has 2 atom stereocenters. The van der Waals surface area contributed by atoms with Crippen LogP contribution in [0.1, 0.15) is 24.2 Å². The van der Waals surface area contributed by atoms with Gasteiger partial charge in [0, 0.05) is 0 Å². The van der Waals surface area contributed by atoms with Gasteiger partial charge in [-0.1, -0.05) is 90.6 Å². The molecule has 3 aromatic carbocycles. The third kappa shape index (κ3) is 6.13. The van der Waals surface area contributed by atoms with Crippen molar-refractivity contribution in [1.82, 2.24) is 4.90 Å². The summed E-state index contributed by atoms with van der Waals surface area (Å²) in [5.41, 5.74) is 0.933. The van der Waals surface area contributed by atoms with Crippen LogP contribution < -0.4 is 4.74 Å². The average Bonchev–Trinajstić information content (AvgIpc) is 3.33. The summed E-state index contributed by atoms with van der Waals surface area (Å²) >= 11 is 1.22. The first-order valence-electron chi connectivity index (χ1n) is 12.2. The van der Waals surface area contributed by atoms with Crippen LogP contribution in [0, 0.1) is 0 Å². The lowest BCUT2D eigenvalue weighted by molar-refractivity contribution is -0.153. The zero-order chi connectivity index (χ0) is 28.3. The van der Waals surface area contributed by atoms with Gasteiger partial charge in [-0.3, -0.25) is 24.5 Å². The van der Waals surface area contributed by atoms with Crippen LogP contribution in [0.25, 0.3) is 0 Å². The van der Waals surface area contributed by atoms with Gasteiger partial charge in [0.15, 0.2) is 17.8 Å². The molecule has 1 fully saturated rings. The Kier molecular flexibility index (Phi) is 8.09. The van der Waals surface area contributed by atoms with Crippen molar-refractivity contribution in [2.24, 2.45) is 4.99 Å². The Balaban J connectivity index is 1.41. The molecule has 2 aliphatic heterocycles. The molecule has 0 spiro atoms. The van der Waals surface area contributed by atoms with E-state index in [1.165, 1.54) is 18.7 Å². The number of carbonyl (C=O) groups excluding carboxylic acids is 2. The SMILES string of the molecule is CC(OP(=O)(O)O)=C(C(=O)OC(c1ccccc1)c1ccccc1)N1C(=O)C2N=C(COc3ccccc3)SC21. The van der Waals surface area contributed by atoms with Gasteiger partial charge < -0.3 is 14.0 Å². The van der Waals surface area contributed by atoms with E-state index in [1.807, 2.05) is 30.3 Å². The van der Waals surface area contributed by atoms with Crippen LogP contribution in [-0.4, -0.2) is 49.6 Å². The Hall–Kier alpha value is -3.89. The maximum absolute atomic E-state index is 13.7. The fraction of sp³-hybridized carbons (Fsp3) is 0.179. The van der Waals surface area contributed by atoms with Crippen molar-refractivity contribution >= 4 is 36.5 Å².